The molecule has 340 valence electrons. The lowest BCUT2D eigenvalue weighted by atomic mass is 9.55. The monoisotopic (exact) mass is 881 g/mol. The van der Waals surface area contributed by atoms with E-state index in [1.54, 1.807) is 30.3 Å². The van der Waals surface area contributed by atoms with E-state index in [9.17, 15) is 15.5 Å². The van der Waals surface area contributed by atoms with Gasteiger partial charge < -0.3 is 43.6 Å². The topological polar surface area (TPSA) is 152 Å². The number of rotatable bonds is 19. The van der Waals surface area contributed by atoms with Crippen molar-refractivity contribution in [3.8, 4) is 34.8 Å². The number of aliphatic hydroxyl groups is 2. The van der Waals surface area contributed by atoms with Gasteiger partial charge in [-0.05, 0) is 147 Å². The Balaban J connectivity index is 1.35. The number of hydrogen-bond donors (Lipinski definition) is 2. The highest BCUT2D eigenvalue weighted by Gasteiger charge is 2.65. The summed E-state index contributed by atoms with van der Waals surface area (Å²) in [5.41, 5.74) is 6.52. The lowest BCUT2D eigenvalue weighted by Crippen LogP contribution is -2.70. The Morgan fingerprint density at radius 1 is 0.923 bits per heavy atom. The van der Waals surface area contributed by atoms with Gasteiger partial charge in [-0.3, -0.25) is 4.79 Å². The van der Waals surface area contributed by atoms with Gasteiger partial charge in [0.1, 0.15) is 29.9 Å². The molecule has 65 heavy (non-hydrogen) atoms. The molecule has 0 spiro atoms. The van der Waals surface area contributed by atoms with Crippen LogP contribution in [0.15, 0.2) is 108 Å². The van der Waals surface area contributed by atoms with E-state index in [0.717, 1.165) is 53.7 Å². The molecule has 4 aromatic rings. The molecule has 8 rings (SSSR count). The molecule has 0 saturated heterocycles. The van der Waals surface area contributed by atoms with Crippen LogP contribution >= 0.6 is 0 Å². The number of aryl methyl sites for hydroxylation is 2. The van der Waals surface area contributed by atoms with Crippen LogP contribution in [-0.4, -0.2) is 71.8 Å². The first kappa shape index (κ1) is 45.4. The number of nitriles is 1. The molecular formula is C53H59N3O9. The fourth-order valence-corrected chi connectivity index (χ4v) is 10.2. The number of allylic oxidation sites excluding steroid dienone is 1. The van der Waals surface area contributed by atoms with Crippen molar-refractivity contribution in [2.45, 2.75) is 90.0 Å². The second kappa shape index (κ2) is 20.4. The Bertz CT molecular complexity index is 2460. The summed E-state index contributed by atoms with van der Waals surface area (Å²) in [7, 11) is 0. The quantitative estimate of drug-likeness (QED) is 0.0529. The van der Waals surface area contributed by atoms with Gasteiger partial charge in [-0.1, -0.05) is 42.3 Å². The predicted molar refractivity (Wildman–Crippen MR) is 246 cm³/mol. The Morgan fingerprint density at radius 2 is 1.66 bits per heavy atom. The summed E-state index contributed by atoms with van der Waals surface area (Å²) in [6.45, 7) is 11.0. The van der Waals surface area contributed by atoms with Crippen LogP contribution in [0.4, 0.5) is 0 Å². The molecule has 1 fully saturated rings. The van der Waals surface area contributed by atoms with Crippen molar-refractivity contribution in [3.05, 3.63) is 137 Å². The van der Waals surface area contributed by atoms with E-state index in [1.165, 1.54) is 5.56 Å². The third-order valence-corrected chi connectivity index (χ3v) is 13.4. The second-order valence-electron chi connectivity index (χ2n) is 17.3. The molecule has 2 aliphatic heterocycles. The van der Waals surface area contributed by atoms with Crippen molar-refractivity contribution in [1.29, 1.82) is 5.26 Å². The summed E-state index contributed by atoms with van der Waals surface area (Å²) in [5.74, 6) is 0.799. The smallest absolute Gasteiger partial charge is 0.254 e. The third-order valence-electron chi connectivity index (χ3n) is 13.4. The first-order valence-electron chi connectivity index (χ1n) is 22.9. The minimum atomic E-state index is -1.48. The molecule has 2 aliphatic carbocycles. The molecule has 12 nitrogen and oxygen atoms in total. The fourth-order valence-electron chi connectivity index (χ4n) is 10.2. The second-order valence-corrected chi connectivity index (χ2v) is 17.3. The van der Waals surface area contributed by atoms with Crippen molar-refractivity contribution in [1.82, 2.24) is 4.90 Å². The first-order chi connectivity index (χ1) is 31.7. The zero-order valence-electron chi connectivity index (χ0n) is 37.5. The number of unbranched alkanes of at least 4 members (excludes halogenated alkanes) is 2. The molecular weight excluding hydrogens is 823 g/mol. The number of aliphatic hydroxyl groups excluding tert-OH is 2. The Hall–Kier alpha value is -6.13. The highest BCUT2D eigenvalue weighted by Crippen LogP contribution is 2.62. The number of amides is 1. The molecule has 0 radical (unpaired) electrons. The molecule has 0 unspecified atom stereocenters. The van der Waals surface area contributed by atoms with E-state index >= 15 is 4.79 Å². The maximum absolute atomic E-state index is 15.4. The summed E-state index contributed by atoms with van der Waals surface area (Å²) in [6, 6.07) is 25.7. The van der Waals surface area contributed by atoms with Gasteiger partial charge in [0.25, 0.3) is 5.91 Å². The van der Waals surface area contributed by atoms with Crippen LogP contribution in [0.2, 0.25) is 0 Å². The number of benzene rings is 4. The average Bonchev–Trinajstić information content (AvgIpc) is 3.80. The minimum Gasteiger partial charge on any atom is -0.459 e. The van der Waals surface area contributed by atoms with Gasteiger partial charge in [0, 0.05) is 43.2 Å². The van der Waals surface area contributed by atoms with E-state index in [4.69, 9.17) is 33.7 Å². The Morgan fingerprint density at radius 3 is 2.40 bits per heavy atom. The summed E-state index contributed by atoms with van der Waals surface area (Å²) in [5, 5.41) is 34.5. The number of oxime groups is 1. The van der Waals surface area contributed by atoms with E-state index in [0.29, 0.717) is 59.3 Å². The van der Waals surface area contributed by atoms with Crippen molar-refractivity contribution in [3.63, 3.8) is 0 Å². The number of carbonyl (C=O) groups excluding carboxylic acids is 1. The first-order valence-corrected chi connectivity index (χ1v) is 22.9. The van der Waals surface area contributed by atoms with Crippen LogP contribution in [0.3, 0.4) is 0 Å². The largest absolute Gasteiger partial charge is 0.459 e. The van der Waals surface area contributed by atoms with Crippen LogP contribution in [0.25, 0.3) is 0 Å². The van der Waals surface area contributed by atoms with Crippen molar-refractivity contribution < 1.29 is 43.5 Å². The Labute approximate surface area is 381 Å². The van der Waals surface area contributed by atoms with Gasteiger partial charge in [-0.25, -0.2) is 0 Å². The van der Waals surface area contributed by atoms with Gasteiger partial charge in [-0.2, -0.15) is 5.26 Å². The van der Waals surface area contributed by atoms with Gasteiger partial charge in [0.15, 0.2) is 11.5 Å². The molecule has 4 aromatic carbocycles. The zero-order chi connectivity index (χ0) is 45.5. The van der Waals surface area contributed by atoms with E-state index in [1.807, 2.05) is 54.3 Å². The standard InChI is InChI=1S/C53H59N3O9/c1-5-25-62-53-49(56(52(59)38-17-14-36(31-54)15-18-38)32-37-16-21-47-48(27-37)61-33-60-47)30-45(55-63-6-2)43-28-39(11-7-9-23-57)42(12-8-10-24-58)50(51(43)53)44-29-41(20-22-46(44)65-53)64-40-19-13-34(3)35(4)26-40/h5,13-22,26-29,39,42,49-51,57-58H,1,6-12,23-25,30,32-33H2,2-4H3/t39-,42+,49-,50+,51+,53+/m0/s1. The Kier molecular flexibility index (Phi) is 14.2. The highest BCUT2D eigenvalue weighted by molar-refractivity contribution is 6.03. The molecule has 6 atom stereocenters. The van der Waals surface area contributed by atoms with E-state index < -0.39 is 17.7 Å². The SMILES string of the molecule is C=CCO[C@@]12Oc3ccc(Oc4ccc(C)c(C)c4)cc3[C@H]3[C@H](CCCCO)[C@@H](CCCCO)C=C(C(=NOCC)C[C@@H]1N(Cc1ccc4c(c1)OCO4)C(=O)c1ccc(C#N)cc1)[C@H]32. The van der Waals surface area contributed by atoms with E-state index in [-0.39, 0.29) is 63.2 Å². The van der Waals surface area contributed by atoms with Crippen molar-refractivity contribution >= 4 is 11.6 Å². The summed E-state index contributed by atoms with van der Waals surface area (Å²) >= 11 is 0. The normalized spacial score (nSPS) is 23.0. The van der Waals surface area contributed by atoms with E-state index in [2.05, 4.69) is 44.7 Å². The summed E-state index contributed by atoms with van der Waals surface area (Å²) in [4.78, 5) is 23.2. The van der Waals surface area contributed by atoms with Crippen LogP contribution in [0.5, 0.6) is 28.7 Å². The summed E-state index contributed by atoms with van der Waals surface area (Å²) in [6.07, 6.45) is 8.80. The van der Waals surface area contributed by atoms with Crippen molar-refractivity contribution in [2.24, 2.45) is 22.9 Å². The lowest BCUT2D eigenvalue weighted by Gasteiger charge is -2.60. The highest BCUT2D eigenvalue weighted by atomic mass is 16.7. The van der Waals surface area contributed by atoms with Crippen LogP contribution in [-0.2, 0) is 16.1 Å². The van der Waals surface area contributed by atoms with Crippen molar-refractivity contribution in [2.75, 3.05) is 33.2 Å². The molecule has 0 bridgehead atoms. The molecule has 4 aliphatic rings. The molecule has 2 heterocycles. The third kappa shape index (κ3) is 9.37. The maximum atomic E-state index is 15.4. The number of fused-ring (bicyclic) bond motifs is 3. The fraction of sp³-hybridized carbons (Fsp3) is 0.415. The number of nitrogens with zero attached hydrogens (tertiary/aromatic N) is 3. The number of carbonyl (C=O) groups is 1. The molecule has 0 aromatic heterocycles. The maximum Gasteiger partial charge on any atom is 0.254 e. The van der Waals surface area contributed by atoms with Gasteiger partial charge in [-0.15, -0.1) is 6.58 Å². The lowest BCUT2D eigenvalue weighted by molar-refractivity contribution is -0.255. The molecule has 2 N–H and O–H groups in total. The van der Waals surface area contributed by atoms with Gasteiger partial charge in [0.2, 0.25) is 12.6 Å². The van der Waals surface area contributed by atoms with Gasteiger partial charge in [0.05, 0.1) is 29.9 Å². The number of hydrogen-bond acceptors (Lipinski definition) is 11. The molecule has 12 heteroatoms. The number of ether oxygens (including phenoxy) is 5. The summed E-state index contributed by atoms with van der Waals surface area (Å²) < 4.78 is 32.7. The minimum absolute atomic E-state index is 0.0313. The average molecular weight is 882 g/mol. The van der Waals surface area contributed by atoms with Crippen LogP contribution in [0.1, 0.15) is 96.0 Å². The zero-order valence-corrected chi connectivity index (χ0v) is 37.5. The molecule has 1 amide bonds. The van der Waals surface area contributed by atoms with Gasteiger partial charge >= 0.3 is 0 Å². The van der Waals surface area contributed by atoms with Crippen LogP contribution < -0.4 is 18.9 Å². The molecule has 1 saturated carbocycles. The predicted octanol–water partition coefficient (Wildman–Crippen LogP) is 9.69. The van der Waals surface area contributed by atoms with Crippen LogP contribution in [0, 0.1) is 42.9 Å².